The fourth-order valence-electron chi connectivity index (χ4n) is 16.0. The van der Waals surface area contributed by atoms with E-state index in [1.165, 1.54) is 138 Å². The zero-order valence-corrected chi connectivity index (χ0v) is 49.7. The maximum absolute atomic E-state index is 6.52. The molecule has 6 heteroatoms. The van der Waals surface area contributed by atoms with Crippen LogP contribution in [0.15, 0.2) is 271 Å². The molecule has 5 aliphatic rings. The summed E-state index contributed by atoms with van der Waals surface area (Å²) < 4.78 is 19.0. The van der Waals surface area contributed by atoms with E-state index in [4.69, 9.17) is 9.31 Å². The van der Waals surface area contributed by atoms with Crippen LogP contribution in [0.2, 0.25) is 0 Å². The van der Waals surface area contributed by atoms with Crippen molar-refractivity contribution in [3.63, 3.8) is 0 Å². The van der Waals surface area contributed by atoms with Crippen molar-refractivity contribution in [2.45, 2.75) is 49.7 Å². The summed E-state index contributed by atoms with van der Waals surface area (Å²) in [5, 5.41) is 4.97. The van der Waals surface area contributed by atoms with Crippen molar-refractivity contribution < 1.29 is 9.31 Å². The van der Waals surface area contributed by atoms with Crippen molar-refractivity contribution in [3.05, 3.63) is 316 Å². The Morgan fingerprint density at radius 3 is 0.988 bits per heavy atom. The standard InChI is InChI=1S/C43H34BNO2.C37H22BrN/c1-41(2)42(3,4)47-44(46-41)27-22-23-39-33(24-27)34-25-32-31-18-10-13-21-37(31)43(38(32)26-40(34)45(39)28-14-6-5-7-15-28)35-19-11-8-16-29(35)30-17-9-12-20-36(30)43;38-23-18-19-35-29(20-23)30-21-28-27-14-6-9-17-33(27)37(34(28)22-36(30)39(35)24-10-2-1-3-11-24)31-15-7-4-12-25(31)26-13-5-8-16-32(26)37/h5-26H,1-4H3;1-22H. The third-order valence-corrected chi connectivity index (χ3v) is 20.8. The summed E-state index contributed by atoms with van der Waals surface area (Å²) in [6.07, 6.45) is 0. The Morgan fingerprint density at radius 2 is 0.605 bits per heavy atom. The van der Waals surface area contributed by atoms with Crippen LogP contribution in [-0.2, 0) is 20.1 Å². The molecule has 0 atom stereocenters. The number of para-hydroxylation sites is 2. The van der Waals surface area contributed by atoms with Crippen LogP contribution in [0.3, 0.4) is 0 Å². The molecule has 0 amide bonds. The lowest BCUT2D eigenvalue weighted by Crippen LogP contribution is -2.41. The fourth-order valence-corrected chi connectivity index (χ4v) is 16.4. The lowest BCUT2D eigenvalue weighted by molar-refractivity contribution is 0.00578. The molecule has 3 heterocycles. The summed E-state index contributed by atoms with van der Waals surface area (Å²) in [5.41, 5.74) is 28.1. The second-order valence-corrected chi connectivity index (χ2v) is 25.9. The highest BCUT2D eigenvalue weighted by molar-refractivity contribution is 9.10. The summed E-state index contributed by atoms with van der Waals surface area (Å²) >= 11 is 3.75. The molecule has 14 aromatic rings. The Bertz CT molecular complexity index is 5120. The van der Waals surface area contributed by atoms with E-state index in [1.54, 1.807) is 0 Å². The molecule has 0 bridgehead atoms. The van der Waals surface area contributed by atoms with Crippen LogP contribution >= 0.6 is 15.9 Å². The van der Waals surface area contributed by atoms with Gasteiger partial charge in [-0.2, -0.15) is 0 Å². The van der Waals surface area contributed by atoms with Gasteiger partial charge < -0.3 is 18.4 Å². The van der Waals surface area contributed by atoms with Crippen LogP contribution in [0.1, 0.15) is 72.2 Å². The molecule has 4 aliphatic carbocycles. The molecule has 2 spiro atoms. The first-order valence-corrected chi connectivity index (χ1v) is 30.8. The molecule has 1 aliphatic heterocycles. The van der Waals surface area contributed by atoms with Gasteiger partial charge in [0.2, 0.25) is 0 Å². The highest BCUT2D eigenvalue weighted by Crippen LogP contribution is 2.65. The van der Waals surface area contributed by atoms with Crippen LogP contribution < -0.4 is 5.46 Å². The molecule has 12 aromatic carbocycles. The molecular weight excluding hydrogens is 1110 g/mol. The molecule has 19 rings (SSSR count). The Labute approximate surface area is 508 Å². The zero-order valence-electron chi connectivity index (χ0n) is 48.1. The Morgan fingerprint density at radius 1 is 0.291 bits per heavy atom. The Kier molecular flexibility index (Phi) is 10.4. The molecule has 0 unspecified atom stereocenters. The van der Waals surface area contributed by atoms with E-state index in [2.05, 4.69) is 320 Å². The van der Waals surface area contributed by atoms with Crippen molar-refractivity contribution in [1.82, 2.24) is 9.13 Å². The second-order valence-electron chi connectivity index (χ2n) is 25.0. The average molecular weight is 1170 g/mol. The van der Waals surface area contributed by atoms with Gasteiger partial charge in [-0.05, 0) is 195 Å². The number of aromatic nitrogens is 2. The number of hydrogen-bond acceptors (Lipinski definition) is 2. The van der Waals surface area contributed by atoms with Crippen LogP contribution in [0.5, 0.6) is 0 Å². The summed E-state index contributed by atoms with van der Waals surface area (Å²) in [6.45, 7) is 8.46. The normalized spacial score (nSPS) is 16.0. The van der Waals surface area contributed by atoms with E-state index in [0.29, 0.717) is 0 Å². The first kappa shape index (κ1) is 50.1. The highest BCUT2D eigenvalue weighted by atomic mass is 79.9. The Hall–Kier alpha value is -9.30. The predicted octanol–water partition coefficient (Wildman–Crippen LogP) is 19.3. The maximum Gasteiger partial charge on any atom is 0.494 e. The van der Waals surface area contributed by atoms with Gasteiger partial charge in [-0.15, -0.1) is 0 Å². The van der Waals surface area contributed by atoms with E-state index >= 15 is 0 Å². The molecule has 86 heavy (non-hydrogen) atoms. The van der Waals surface area contributed by atoms with Gasteiger partial charge in [0, 0.05) is 37.4 Å². The predicted molar refractivity (Wildman–Crippen MR) is 358 cm³/mol. The van der Waals surface area contributed by atoms with Gasteiger partial charge in [0.15, 0.2) is 0 Å². The number of benzene rings is 12. The monoisotopic (exact) mass is 1170 g/mol. The highest BCUT2D eigenvalue weighted by Gasteiger charge is 2.55. The van der Waals surface area contributed by atoms with E-state index < -0.39 is 18.3 Å². The largest absolute Gasteiger partial charge is 0.494 e. The number of nitrogens with zero attached hydrogens (tertiary/aromatic N) is 2. The first-order valence-electron chi connectivity index (χ1n) is 30.0. The minimum absolute atomic E-state index is 0.341. The van der Waals surface area contributed by atoms with Crippen molar-refractivity contribution in [2.24, 2.45) is 0 Å². The summed E-state index contributed by atoms with van der Waals surface area (Å²) in [4.78, 5) is 0. The van der Waals surface area contributed by atoms with E-state index in [1.807, 2.05) is 0 Å². The molecule has 4 nitrogen and oxygen atoms in total. The lowest BCUT2D eigenvalue weighted by Gasteiger charge is -2.32. The molecule has 1 fully saturated rings. The average Bonchev–Trinajstić information content (AvgIpc) is 1.59. The van der Waals surface area contributed by atoms with Gasteiger partial charge in [-0.1, -0.05) is 210 Å². The van der Waals surface area contributed by atoms with Crippen LogP contribution in [0.4, 0.5) is 0 Å². The molecular formula is C80H56BBrN2O2. The van der Waals surface area contributed by atoms with Crippen LogP contribution in [0.25, 0.3) is 99.5 Å². The first-order chi connectivity index (χ1) is 42.1. The minimum Gasteiger partial charge on any atom is -0.399 e. The van der Waals surface area contributed by atoms with Crippen LogP contribution in [0, 0.1) is 0 Å². The lowest BCUT2D eigenvalue weighted by atomic mass is 9.70. The fraction of sp³-hybridized carbons (Fsp3) is 0.100. The van der Waals surface area contributed by atoms with E-state index in [0.717, 1.165) is 15.6 Å². The third kappa shape index (κ3) is 6.51. The second kappa shape index (κ2) is 17.9. The van der Waals surface area contributed by atoms with Gasteiger partial charge in [0.25, 0.3) is 0 Å². The van der Waals surface area contributed by atoms with Crippen molar-refractivity contribution in [2.75, 3.05) is 0 Å². The van der Waals surface area contributed by atoms with Gasteiger partial charge in [-0.25, -0.2) is 0 Å². The molecule has 1 saturated heterocycles. The molecule has 0 radical (unpaired) electrons. The van der Waals surface area contributed by atoms with Crippen molar-refractivity contribution in [3.8, 4) is 55.9 Å². The molecule has 0 saturated carbocycles. The van der Waals surface area contributed by atoms with Gasteiger partial charge >= 0.3 is 7.12 Å². The van der Waals surface area contributed by atoms with Gasteiger partial charge in [0.05, 0.1) is 44.1 Å². The van der Waals surface area contributed by atoms with Crippen LogP contribution in [-0.4, -0.2) is 27.5 Å². The van der Waals surface area contributed by atoms with Crippen molar-refractivity contribution in [1.29, 1.82) is 0 Å². The third-order valence-electron chi connectivity index (χ3n) is 20.3. The summed E-state index contributed by atoms with van der Waals surface area (Å²) in [5.74, 6) is 0. The summed E-state index contributed by atoms with van der Waals surface area (Å²) in [6, 6.07) is 98.9. The smallest absolute Gasteiger partial charge is 0.399 e. The minimum atomic E-state index is -0.426. The van der Waals surface area contributed by atoms with E-state index in [9.17, 15) is 0 Å². The van der Waals surface area contributed by atoms with Crippen molar-refractivity contribution >= 4 is 72.1 Å². The number of fused-ring (bicyclic) bond motifs is 26. The molecule has 0 N–H and O–H groups in total. The maximum atomic E-state index is 6.52. The van der Waals surface area contributed by atoms with Gasteiger partial charge in [-0.3, -0.25) is 0 Å². The zero-order chi connectivity index (χ0) is 57.4. The number of halogens is 1. The topological polar surface area (TPSA) is 28.3 Å². The number of hydrogen-bond donors (Lipinski definition) is 0. The SMILES string of the molecule is Brc1ccc2c(c1)c1cc3c(cc1n2-c1ccccc1)C1(c2ccccc2-c2ccccc21)c1ccccc1-3.CC1(C)OB(c2ccc3c(c2)c2cc4c(cc2n3-c2ccccc2)C2(c3ccccc3-c3ccccc32)c2ccccc2-4)OC1(C)C. The van der Waals surface area contributed by atoms with Gasteiger partial charge in [0.1, 0.15) is 0 Å². The Balaban J connectivity index is 0.000000132. The quantitative estimate of drug-likeness (QED) is 0.165. The molecule has 408 valence electrons. The summed E-state index contributed by atoms with van der Waals surface area (Å²) in [7, 11) is -0.426. The molecule has 2 aromatic heterocycles. The number of rotatable bonds is 3. The van der Waals surface area contributed by atoms with E-state index in [-0.39, 0.29) is 10.8 Å².